The van der Waals surface area contributed by atoms with E-state index < -0.39 is 5.82 Å². The number of hydrogen-bond donors (Lipinski definition) is 0. The van der Waals surface area contributed by atoms with Gasteiger partial charge in [0, 0.05) is 5.56 Å². The maximum absolute atomic E-state index is 13.2. The molecular formula is C14H8ClFO3. The van der Waals surface area contributed by atoms with Gasteiger partial charge in [0.25, 0.3) is 0 Å². The zero-order valence-corrected chi connectivity index (χ0v) is 10.4. The molecule has 3 nitrogen and oxygen atoms in total. The van der Waals surface area contributed by atoms with Crippen LogP contribution in [0.15, 0.2) is 30.3 Å². The van der Waals surface area contributed by atoms with E-state index in [1.54, 1.807) is 18.2 Å². The number of benzene rings is 2. The Hall–Kier alpha value is -2.07. The smallest absolute Gasteiger partial charge is 0.231 e. The zero-order chi connectivity index (χ0) is 13.4. The highest BCUT2D eigenvalue weighted by atomic mass is 35.5. The van der Waals surface area contributed by atoms with Gasteiger partial charge >= 0.3 is 0 Å². The van der Waals surface area contributed by atoms with E-state index in [1.807, 2.05) is 0 Å². The van der Waals surface area contributed by atoms with Crippen LogP contribution < -0.4 is 9.47 Å². The molecule has 1 heterocycles. The third-order valence-electron chi connectivity index (χ3n) is 2.90. The van der Waals surface area contributed by atoms with Crippen molar-refractivity contribution in [1.29, 1.82) is 0 Å². The summed E-state index contributed by atoms with van der Waals surface area (Å²) in [5, 5.41) is 0.00650. The van der Waals surface area contributed by atoms with Crippen LogP contribution in [0.2, 0.25) is 5.02 Å². The quantitative estimate of drug-likeness (QED) is 0.786. The predicted molar refractivity (Wildman–Crippen MR) is 68.4 cm³/mol. The van der Waals surface area contributed by atoms with Crippen LogP contribution >= 0.6 is 11.6 Å². The van der Waals surface area contributed by atoms with E-state index >= 15 is 0 Å². The van der Waals surface area contributed by atoms with Crippen molar-refractivity contribution in [2.75, 3.05) is 6.79 Å². The molecule has 96 valence electrons. The largest absolute Gasteiger partial charge is 0.454 e. The molecule has 2 aromatic carbocycles. The Balaban J connectivity index is 2.18. The lowest BCUT2D eigenvalue weighted by Crippen LogP contribution is -1.92. The molecule has 0 bridgehead atoms. The van der Waals surface area contributed by atoms with Gasteiger partial charge in [-0.3, -0.25) is 4.79 Å². The van der Waals surface area contributed by atoms with Gasteiger partial charge in [-0.05, 0) is 35.4 Å². The van der Waals surface area contributed by atoms with Crippen molar-refractivity contribution < 1.29 is 18.7 Å². The van der Waals surface area contributed by atoms with Crippen molar-refractivity contribution >= 4 is 17.9 Å². The number of carbonyl (C=O) groups is 1. The Bertz CT molecular complexity index is 670. The number of hydrogen-bond acceptors (Lipinski definition) is 3. The highest BCUT2D eigenvalue weighted by Crippen LogP contribution is 2.38. The third-order valence-corrected chi connectivity index (χ3v) is 3.19. The van der Waals surface area contributed by atoms with Gasteiger partial charge in [-0.1, -0.05) is 17.7 Å². The van der Waals surface area contributed by atoms with Gasteiger partial charge in [0.15, 0.2) is 17.8 Å². The first-order valence-corrected chi connectivity index (χ1v) is 5.91. The summed E-state index contributed by atoms with van der Waals surface area (Å²) >= 11 is 5.76. The molecule has 1 aliphatic heterocycles. The Kier molecular flexibility index (Phi) is 2.87. The fraction of sp³-hybridized carbons (Fsp3) is 0.0714. The molecule has 0 unspecified atom stereocenters. The number of halogens is 2. The molecule has 0 N–H and O–H groups in total. The molecule has 19 heavy (non-hydrogen) atoms. The van der Waals surface area contributed by atoms with Crippen LogP contribution in [0.3, 0.4) is 0 Å². The second-order valence-electron chi connectivity index (χ2n) is 4.04. The molecule has 3 rings (SSSR count). The summed E-state index contributed by atoms with van der Waals surface area (Å²) in [6.45, 7) is 0.126. The van der Waals surface area contributed by atoms with Crippen molar-refractivity contribution in [2.24, 2.45) is 0 Å². The topological polar surface area (TPSA) is 35.5 Å². The lowest BCUT2D eigenvalue weighted by molar-refractivity contribution is 0.112. The molecule has 0 radical (unpaired) electrons. The summed E-state index contributed by atoms with van der Waals surface area (Å²) in [5.74, 6) is 0.582. The van der Waals surface area contributed by atoms with Crippen LogP contribution in [-0.4, -0.2) is 13.1 Å². The summed E-state index contributed by atoms with van der Waals surface area (Å²) in [7, 11) is 0. The van der Waals surface area contributed by atoms with Crippen LogP contribution in [0.25, 0.3) is 11.1 Å². The first kappa shape index (κ1) is 12.0. The Morgan fingerprint density at radius 3 is 2.58 bits per heavy atom. The Labute approximate surface area is 113 Å². The van der Waals surface area contributed by atoms with Crippen molar-refractivity contribution in [2.45, 2.75) is 0 Å². The van der Waals surface area contributed by atoms with Gasteiger partial charge in [0.2, 0.25) is 6.79 Å². The second-order valence-corrected chi connectivity index (χ2v) is 4.45. The van der Waals surface area contributed by atoms with Gasteiger partial charge < -0.3 is 9.47 Å². The first-order valence-electron chi connectivity index (χ1n) is 5.53. The zero-order valence-electron chi connectivity index (χ0n) is 9.65. The van der Waals surface area contributed by atoms with E-state index in [0.29, 0.717) is 34.5 Å². The van der Waals surface area contributed by atoms with Crippen LogP contribution in [0.5, 0.6) is 11.5 Å². The second kappa shape index (κ2) is 4.55. The fourth-order valence-corrected chi connectivity index (χ4v) is 2.15. The Morgan fingerprint density at radius 2 is 1.89 bits per heavy atom. The molecule has 0 aromatic heterocycles. The van der Waals surface area contributed by atoms with Gasteiger partial charge in [-0.2, -0.15) is 0 Å². The summed E-state index contributed by atoms with van der Waals surface area (Å²) in [6, 6.07) is 7.58. The summed E-state index contributed by atoms with van der Waals surface area (Å²) < 4.78 is 23.6. The summed E-state index contributed by atoms with van der Waals surface area (Å²) in [4.78, 5) is 11.1. The van der Waals surface area contributed by atoms with Crippen LogP contribution in [0.4, 0.5) is 4.39 Å². The third kappa shape index (κ3) is 2.04. The molecule has 2 aromatic rings. The number of carbonyl (C=O) groups excluding carboxylic acids is 1. The van der Waals surface area contributed by atoms with Crippen molar-refractivity contribution in [3.05, 3.63) is 46.7 Å². The van der Waals surface area contributed by atoms with Crippen LogP contribution in [0, 0.1) is 5.82 Å². The SMILES string of the molecule is O=Cc1cc2c(cc1-c1ccc(F)c(Cl)c1)OCO2. The van der Waals surface area contributed by atoms with E-state index in [9.17, 15) is 9.18 Å². The number of ether oxygens (including phenoxy) is 2. The van der Waals surface area contributed by atoms with E-state index in [1.165, 1.54) is 12.1 Å². The number of rotatable bonds is 2. The first-order chi connectivity index (χ1) is 9.19. The van der Waals surface area contributed by atoms with Crippen molar-refractivity contribution in [3.8, 4) is 22.6 Å². The lowest BCUT2D eigenvalue weighted by Gasteiger charge is -2.07. The van der Waals surface area contributed by atoms with E-state index in [2.05, 4.69) is 0 Å². The van der Waals surface area contributed by atoms with Gasteiger partial charge in [0.1, 0.15) is 5.82 Å². The van der Waals surface area contributed by atoms with Crippen LogP contribution in [0.1, 0.15) is 10.4 Å². The molecular weight excluding hydrogens is 271 g/mol. The van der Waals surface area contributed by atoms with E-state index in [-0.39, 0.29) is 11.8 Å². The highest BCUT2D eigenvalue weighted by Gasteiger charge is 2.18. The maximum Gasteiger partial charge on any atom is 0.231 e. The normalized spacial score (nSPS) is 12.5. The summed E-state index contributed by atoms with van der Waals surface area (Å²) in [5.41, 5.74) is 1.71. The minimum absolute atomic E-state index is 0.00650. The average Bonchev–Trinajstić information content (AvgIpc) is 2.87. The number of fused-ring (bicyclic) bond motifs is 1. The van der Waals surface area contributed by atoms with Crippen molar-refractivity contribution in [1.82, 2.24) is 0 Å². The van der Waals surface area contributed by atoms with E-state index in [0.717, 1.165) is 0 Å². The monoisotopic (exact) mass is 278 g/mol. The molecule has 0 atom stereocenters. The molecule has 0 saturated carbocycles. The van der Waals surface area contributed by atoms with Crippen LogP contribution in [-0.2, 0) is 0 Å². The van der Waals surface area contributed by atoms with Gasteiger partial charge in [-0.15, -0.1) is 0 Å². The minimum atomic E-state index is -0.501. The molecule has 0 fully saturated rings. The van der Waals surface area contributed by atoms with Gasteiger partial charge in [-0.25, -0.2) is 4.39 Å². The highest BCUT2D eigenvalue weighted by molar-refractivity contribution is 6.31. The molecule has 0 aliphatic carbocycles. The minimum Gasteiger partial charge on any atom is -0.454 e. The summed E-state index contributed by atoms with van der Waals surface area (Å²) in [6.07, 6.45) is 0.717. The molecule has 0 saturated heterocycles. The lowest BCUT2D eigenvalue weighted by atomic mass is 9.99. The predicted octanol–water partition coefficient (Wildman–Crippen LogP) is 3.69. The molecule has 0 amide bonds. The molecule has 0 spiro atoms. The van der Waals surface area contributed by atoms with Gasteiger partial charge in [0.05, 0.1) is 5.02 Å². The standard InChI is InChI=1S/C14H8ClFO3/c15-11-3-8(1-2-12(11)16)10-5-14-13(18-7-19-14)4-9(10)6-17/h1-6H,7H2. The average molecular weight is 279 g/mol. The molecule has 5 heteroatoms. The van der Waals surface area contributed by atoms with E-state index in [4.69, 9.17) is 21.1 Å². The Morgan fingerprint density at radius 1 is 1.16 bits per heavy atom. The number of aldehydes is 1. The van der Waals surface area contributed by atoms with Crippen molar-refractivity contribution in [3.63, 3.8) is 0 Å². The maximum atomic E-state index is 13.2. The fourth-order valence-electron chi connectivity index (χ4n) is 1.97. The molecule has 1 aliphatic rings.